The van der Waals surface area contributed by atoms with Gasteiger partial charge in [0.25, 0.3) is 0 Å². The van der Waals surface area contributed by atoms with Crippen molar-refractivity contribution in [1.82, 2.24) is 5.32 Å². The van der Waals surface area contributed by atoms with Crippen molar-refractivity contribution in [1.29, 1.82) is 0 Å². The molecule has 3 nitrogen and oxygen atoms in total. The van der Waals surface area contributed by atoms with Crippen molar-refractivity contribution in [3.8, 4) is 5.75 Å². The molecule has 0 saturated carbocycles. The summed E-state index contributed by atoms with van der Waals surface area (Å²) in [5.74, 6) is 0.834. The maximum Gasteiger partial charge on any atom is 0.138 e. The molecule has 1 aromatic carbocycles. The molecule has 3 heteroatoms. The molecule has 2 rings (SSSR count). The third-order valence-corrected chi connectivity index (χ3v) is 2.83. The van der Waals surface area contributed by atoms with Crippen LogP contribution in [0.1, 0.15) is 25.6 Å². The second-order valence-corrected chi connectivity index (χ2v) is 4.29. The summed E-state index contributed by atoms with van der Waals surface area (Å²) >= 11 is 0. The zero-order chi connectivity index (χ0) is 10.8. The Hall–Kier alpha value is -1.06. The van der Waals surface area contributed by atoms with Crippen LogP contribution >= 0.6 is 0 Å². The smallest absolute Gasteiger partial charge is 0.138 e. The Morgan fingerprint density at radius 1 is 1.40 bits per heavy atom. The lowest BCUT2D eigenvalue weighted by atomic mass is 10.1. The molecule has 0 spiro atoms. The van der Waals surface area contributed by atoms with E-state index in [1.165, 1.54) is 0 Å². The number of para-hydroxylation sites is 1. The molecular weight excluding hydrogens is 190 g/mol. The zero-order valence-electron chi connectivity index (χ0n) is 9.10. The molecular formula is C12H17NO2. The molecule has 0 bridgehead atoms. The van der Waals surface area contributed by atoms with Crippen molar-refractivity contribution in [3.63, 3.8) is 0 Å². The molecule has 0 radical (unpaired) electrons. The predicted octanol–water partition coefficient (Wildman–Crippen LogP) is 2.04. The van der Waals surface area contributed by atoms with Crippen LogP contribution in [-0.4, -0.2) is 17.8 Å². The van der Waals surface area contributed by atoms with E-state index < -0.39 is 0 Å². The first kappa shape index (κ1) is 10.5. The lowest BCUT2D eigenvalue weighted by Gasteiger charge is -2.15. The molecule has 0 aliphatic carbocycles. The van der Waals surface area contributed by atoms with Crippen LogP contribution in [0.5, 0.6) is 5.75 Å². The first-order valence-electron chi connectivity index (χ1n) is 5.34. The van der Waals surface area contributed by atoms with Crippen LogP contribution in [0.25, 0.3) is 0 Å². The average molecular weight is 207 g/mol. The highest BCUT2D eigenvalue weighted by atomic mass is 16.5. The number of hydrogen-bond acceptors (Lipinski definition) is 3. The Morgan fingerprint density at radius 2 is 2.13 bits per heavy atom. The summed E-state index contributed by atoms with van der Waals surface area (Å²) in [6.45, 7) is 5.03. The topological polar surface area (TPSA) is 41.5 Å². The van der Waals surface area contributed by atoms with Crippen LogP contribution in [0.15, 0.2) is 24.3 Å². The summed E-state index contributed by atoms with van der Waals surface area (Å²) in [6, 6.07) is 7.66. The van der Waals surface area contributed by atoms with E-state index in [9.17, 15) is 5.11 Å². The molecule has 0 aromatic heterocycles. The highest BCUT2D eigenvalue weighted by Gasteiger charge is 2.28. The van der Waals surface area contributed by atoms with Gasteiger partial charge in [0, 0.05) is 11.6 Å². The molecule has 1 heterocycles. The van der Waals surface area contributed by atoms with Gasteiger partial charge in [-0.05, 0) is 12.0 Å². The van der Waals surface area contributed by atoms with Crippen LogP contribution in [-0.2, 0) is 4.74 Å². The first-order valence-corrected chi connectivity index (χ1v) is 5.34. The van der Waals surface area contributed by atoms with Crippen molar-refractivity contribution < 1.29 is 9.84 Å². The Balaban J connectivity index is 2.11. The predicted molar refractivity (Wildman–Crippen MR) is 58.6 cm³/mol. The van der Waals surface area contributed by atoms with Crippen molar-refractivity contribution in [3.05, 3.63) is 29.8 Å². The van der Waals surface area contributed by atoms with Gasteiger partial charge in [-0.1, -0.05) is 32.0 Å². The summed E-state index contributed by atoms with van der Waals surface area (Å²) in [5, 5.41) is 13.0. The molecule has 82 valence electrons. The van der Waals surface area contributed by atoms with E-state index in [4.69, 9.17) is 4.74 Å². The molecule has 0 amide bonds. The highest BCUT2D eigenvalue weighted by molar-refractivity contribution is 5.33. The number of hydrogen-bond donors (Lipinski definition) is 2. The number of ether oxygens (including phenoxy) is 1. The summed E-state index contributed by atoms with van der Waals surface area (Å²) in [6.07, 6.45) is -0.168. The van der Waals surface area contributed by atoms with Crippen LogP contribution in [0, 0.1) is 5.92 Å². The minimum Gasteiger partial charge on any atom is -0.508 e. The lowest BCUT2D eigenvalue weighted by molar-refractivity contribution is 0.0978. The molecule has 15 heavy (non-hydrogen) atoms. The van der Waals surface area contributed by atoms with Gasteiger partial charge < -0.3 is 9.84 Å². The molecule has 1 aliphatic heterocycles. The monoisotopic (exact) mass is 207 g/mol. The number of nitrogens with one attached hydrogen (secondary N) is 1. The Morgan fingerprint density at radius 3 is 2.73 bits per heavy atom. The first-order chi connectivity index (χ1) is 7.18. The van der Waals surface area contributed by atoms with Crippen molar-refractivity contribution in [2.24, 2.45) is 5.92 Å². The van der Waals surface area contributed by atoms with E-state index in [2.05, 4.69) is 19.2 Å². The van der Waals surface area contributed by atoms with Crippen molar-refractivity contribution in [2.75, 3.05) is 6.61 Å². The maximum atomic E-state index is 9.68. The molecule has 1 unspecified atom stereocenters. The van der Waals surface area contributed by atoms with Crippen LogP contribution in [0.3, 0.4) is 0 Å². The van der Waals surface area contributed by atoms with E-state index in [1.54, 1.807) is 6.07 Å². The molecule has 2 atom stereocenters. The Labute approximate surface area is 90.1 Å². The van der Waals surface area contributed by atoms with Crippen molar-refractivity contribution >= 4 is 0 Å². The van der Waals surface area contributed by atoms with Gasteiger partial charge in [-0.15, -0.1) is 0 Å². The fraction of sp³-hybridized carbons (Fsp3) is 0.500. The number of phenolic OH excluding ortho intramolecular Hbond substituents is 1. The molecule has 2 N–H and O–H groups in total. The summed E-state index contributed by atoms with van der Waals surface area (Å²) in [4.78, 5) is 0. The second-order valence-electron chi connectivity index (χ2n) is 4.29. The number of benzene rings is 1. The number of aromatic hydroxyl groups is 1. The van der Waals surface area contributed by atoms with Crippen LogP contribution in [0.2, 0.25) is 0 Å². The second kappa shape index (κ2) is 4.21. The largest absolute Gasteiger partial charge is 0.508 e. The van der Waals surface area contributed by atoms with E-state index in [0.717, 1.165) is 5.56 Å². The van der Waals surface area contributed by atoms with Gasteiger partial charge in [-0.2, -0.15) is 0 Å². The Kier molecular flexibility index (Phi) is 2.93. The normalized spacial score (nSPS) is 26.1. The SMILES string of the molecule is CC(C)[C@H]1COC(c2ccccc2O)N1. The van der Waals surface area contributed by atoms with Gasteiger partial charge >= 0.3 is 0 Å². The van der Waals surface area contributed by atoms with Gasteiger partial charge in [-0.25, -0.2) is 0 Å². The Bertz CT molecular complexity index is 338. The third-order valence-electron chi connectivity index (χ3n) is 2.83. The quantitative estimate of drug-likeness (QED) is 0.779. The van der Waals surface area contributed by atoms with Gasteiger partial charge in [0.1, 0.15) is 12.0 Å². The zero-order valence-corrected chi connectivity index (χ0v) is 9.10. The number of rotatable bonds is 2. The maximum absolute atomic E-state index is 9.68. The van der Waals surface area contributed by atoms with E-state index in [-0.39, 0.29) is 6.23 Å². The van der Waals surface area contributed by atoms with Crippen LogP contribution < -0.4 is 5.32 Å². The van der Waals surface area contributed by atoms with E-state index in [0.29, 0.717) is 24.3 Å². The van der Waals surface area contributed by atoms with Crippen molar-refractivity contribution in [2.45, 2.75) is 26.1 Å². The highest BCUT2D eigenvalue weighted by Crippen LogP contribution is 2.29. The summed E-state index contributed by atoms with van der Waals surface area (Å²) in [7, 11) is 0. The summed E-state index contributed by atoms with van der Waals surface area (Å²) in [5.41, 5.74) is 0.820. The minimum atomic E-state index is -0.168. The van der Waals surface area contributed by atoms with Gasteiger partial charge in [0.05, 0.1) is 6.61 Å². The molecule has 1 fully saturated rings. The standard InChI is InChI=1S/C12H17NO2/c1-8(2)10-7-15-12(13-10)9-5-3-4-6-11(9)14/h3-6,8,10,12-14H,7H2,1-2H3/t10-,12?/m1/s1. The van der Waals surface area contributed by atoms with E-state index in [1.807, 2.05) is 18.2 Å². The van der Waals surface area contributed by atoms with Gasteiger partial charge in [0.2, 0.25) is 0 Å². The van der Waals surface area contributed by atoms with E-state index >= 15 is 0 Å². The molecule has 1 aromatic rings. The minimum absolute atomic E-state index is 0.168. The third kappa shape index (κ3) is 2.13. The summed E-state index contributed by atoms with van der Waals surface area (Å²) < 4.78 is 5.62. The van der Waals surface area contributed by atoms with Gasteiger partial charge in [-0.3, -0.25) is 5.32 Å². The van der Waals surface area contributed by atoms with Gasteiger partial charge in [0.15, 0.2) is 0 Å². The van der Waals surface area contributed by atoms with Crippen LogP contribution in [0.4, 0.5) is 0 Å². The average Bonchev–Trinajstić information content (AvgIpc) is 2.67. The fourth-order valence-electron chi connectivity index (χ4n) is 1.76. The molecule has 1 saturated heterocycles. The molecule has 1 aliphatic rings. The lowest BCUT2D eigenvalue weighted by Crippen LogP contribution is -2.30. The number of phenols is 1. The fourth-order valence-corrected chi connectivity index (χ4v) is 1.76.